The van der Waals surface area contributed by atoms with Crippen molar-refractivity contribution < 1.29 is 27.5 Å². The number of rotatable bonds is 7. The topological polar surface area (TPSA) is 97.3 Å². The summed E-state index contributed by atoms with van der Waals surface area (Å²) in [4.78, 5) is 38.7. The highest BCUT2D eigenvalue weighted by atomic mass is 35.5. The van der Waals surface area contributed by atoms with Crippen molar-refractivity contribution in [2.75, 3.05) is 18.1 Å². The number of hydrogen-bond acceptors (Lipinski definition) is 7. The second-order valence-electron chi connectivity index (χ2n) is 7.27. The van der Waals surface area contributed by atoms with Crippen molar-refractivity contribution >= 4 is 40.4 Å². The Morgan fingerprint density at radius 3 is 2.47 bits per heavy atom. The van der Waals surface area contributed by atoms with Gasteiger partial charge >= 0.3 is 0 Å². The van der Waals surface area contributed by atoms with Crippen molar-refractivity contribution in [1.29, 1.82) is 0 Å². The highest BCUT2D eigenvalue weighted by Crippen LogP contribution is 2.32. The molecular formula is C21H17ClF3N5O3S. The highest BCUT2D eigenvalue weighted by molar-refractivity contribution is 7.08. The molecule has 8 nitrogen and oxygen atoms in total. The number of carbonyl (C=O) groups excluding carboxylic acids is 2. The standard InChI is InChI=1S/C21H17ClF3N5O3S/c22-18(24)21(32)30(13-3-1-11(2-4-13)16-19(25)34-10-28-16)17(12-5-26-9-27-6-12)20(31)29-15-8-33-7-14(15)23/h1-6,9-10,14-15,17-18H,7-8H2,(H,29,31). The van der Waals surface area contributed by atoms with Gasteiger partial charge < -0.3 is 10.1 Å². The molecule has 4 rings (SSSR count). The van der Waals surface area contributed by atoms with Crippen molar-refractivity contribution in [3.05, 3.63) is 59.2 Å². The molecule has 4 atom stereocenters. The molecular weight excluding hydrogens is 495 g/mol. The number of nitrogens with one attached hydrogen (secondary N) is 1. The molecule has 1 N–H and O–H groups in total. The summed E-state index contributed by atoms with van der Waals surface area (Å²) in [6, 6.07) is 3.28. The number of benzene rings is 1. The predicted molar refractivity (Wildman–Crippen MR) is 118 cm³/mol. The van der Waals surface area contributed by atoms with Crippen LogP contribution in [0.3, 0.4) is 0 Å². The Morgan fingerprint density at radius 1 is 1.21 bits per heavy atom. The van der Waals surface area contributed by atoms with Gasteiger partial charge in [-0.25, -0.2) is 23.7 Å². The molecule has 1 fully saturated rings. The number of hydrogen-bond donors (Lipinski definition) is 1. The van der Waals surface area contributed by atoms with Gasteiger partial charge in [0.2, 0.25) is 11.0 Å². The minimum Gasteiger partial charge on any atom is -0.376 e. The lowest BCUT2D eigenvalue weighted by Gasteiger charge is -2.32. The van der Waals surface area contributed by atoms with Gasteiger partial charge in [0.15, 0.2) is 0 Å². The first-order chi connectivity index (χ1) is 16.4. The van der Waals surface area contributed by atoms with Crippen molar-refractivity contribution in [2.24, 2.45) is 0 Å². The molecule has 1 aliphatic heterocycles. The Balaban J connectivity index is 1.74. The number of aromatic nitrogens is 3. The number of nitrogens with zero attached hydrogens (tertiary/aromatic N) is 4. The molecule has 2 aromatic heterocycles. The van der Waals surface area contributed by atoms with Gasteiger partial charge in [0.05, 0.1) is 24.8 Å². The molecule has 1 aromatic carbocycles. The molecule has 3 aromatic rings. The fourth-order valence-electron chi connectivity index (χ4n) is 3.50. The van der Waals surface area contributed by atoms with Gasteiger partial charge in [0.25, 0.3) is 11.5 Å². The first-order valence-corrected chi connectivity index (χ1v) is 11.3. The van der Waals surface area contributed by atoms with Crippen LogP contribution in [0.1, 0.15) is 11.6 Å². The van der Waals surface area contributed by atoms with Gasteiger partial charge in [-0.15, -0.1) is 0 Å². The quantitative estimate of drug-likeness (QED) is 0.489. The average molecular weight is 512 g/mol. The van der Waals surface area contributed by atoms with Gasteiger partial charge in [0, 0.05) is 29.2 Å². The molecule has 2 amide bonds. The lowest BCUT2D eigenvalue weighted by atomic mass is 10.0. The zero-order chi connectivity index (χ0) is 24.2. The smallest absolute Gasteiger partial charge is 0.278 e. The lowest BCUT2D eigenvalue weighted by molar-refractivity contribution is -0.128. The SMILES string of the molecule is O=C(NC1COCC1F)C(c1cncnc1)N(C(=O)C(F)Cl)c1ccc(-c2ncsc2F)cc1. The number of anilines is 1. The third kappa shape index (κ3) is 5.03. The average Bonchev–Trinajstić information content (AvgIpc) is 3.45. The summed E-state index contributed by atoms with van der Waals surface area (Å²) in [5.74, 6) is -2.05. The first kappa shape index (κ1) is 24.0. The maximum Gasteiger partial charge on any atom is 0.278 e. The van der Waals surface area contributed by atoms with Crippen LogP contribution >= 0.6 is 22.9 Å². The van der Waals surface area contributed by atoms with E-state index in [9.17, 15) is 22.8 Å². The lowest BCUT2D eigenvalue weighted by Crippen LogP contribution is -2.50. The zero-order valence-electron chi connectivity index (χ0n) is 17.3. The Kier molecular flexibility index (Phi) is 7.39. The van der Waals surface area contributed by atoms with Gasteiger partial charge in [-0.2, -0.15) is 4.39 Å². The van der Waals surface area contributed by atoms with E-state index in [0.717, 1.165) is 16.2 Å². The molecule has 1 saturated heterocycles. The van der Waals surface area contributed by atoms with Crippen LogP contribution in [0.2, 0.25) is 0 Å². The van der Waals surface area contributed by atoms with Gasteiger partial charge in [-0.05, 0) is 12.1 Å². The minimum absolute atomic E-state index is 0.0615. The fraction of sp³-hybridized carbons (Fsp3) is 0.286. The largest absolute Gasteiger partial charge is 0.376 e. The van der Waals surface area contributed by atoms with Gasteiger partial charge in [0.1, 0.15) is 24.2 Å². The van der Waals surface area contributed by atoms with E-state index in [2.05, 4.69) is 20.3 Å². The molecule has 13 heteroatoms. The number of halogens is 4. The molecule has 0 bridgehead atoms. The molecule has 0 aliphatic carbocycles. The van der Waals surface area contributed by atoms with Gasteiger partial charge in [-0.1, -0.05) is 35.1 Å². The summed E-state index contributed by atoms with van der Waals surface area (Å²) in [6.45, 7) is -0.246. The first-order valence-electron chi connectivity index (χ1n) is 9.94. The third-order valence-electron chi connectivity index (χ3n) is 5.11. The van der Waals surface area contributed by atoms with E-state index in [1.807, 2.05) is 0 Å². The summed E-state index contributed by atoms with van der Waals surface area (Å²) < 4.78 is 47.1. The van der Waals surface area contributed by atoms with Crippen LogP contribution < -0.4 is 10.2 Å². The Morgan fingerprint density at radius 2 is 1.91 bits per heavy atom. The van der Waals surface area contributed by atoms with E-state index in [-0.39, 0.29) is 30.2 Å². The molecule has 1 aliphatic rings. The van der Waals surface area contributed by atoms with Gasteiger partial charge in [-0.3, -0.25) is 14.5 Å². The Hall–Kier alpha value is -3.09. The number of alkyl halides is 3. The molecule has 0 spiro atoms. The molecule has 0 radical (unpaired) electrons. The normalized spacial score (nSPS) is 19.4. The minimum atomic E-state index is -2.49. The summed E-state index contributed by atoms with van der Waals surface area (Å²) in [6.07, 6.45) is 2.31. The van der Waals surface area contributed by atoms with Crippen molar-refractivity contribution in [3.63, 3.8) is 0 Å². The number of amides is 2. The van der Waals surface area contributed by atoms with Crippen molar-refractivity contribution in [2.45, 2.75) is 23.9 Å². The monoisotopic (exact) mass is 511 g/mol. The maximum absolute atomic E-state index is 14.1. The molecule has 3 heterocycles. The number of thiazole rings is 1. The second kappa shape index (κ2) is 10.5. The van der Waals surface area contributed by atoms with E-state index < -0.39 is 40.8 Å². The Labute approximate surface area is 200 Å². The van der Waals surface area contributed by atoms with Crippen LogP contribution in [0.4, 0.5) is 18.9 Å². The number of ether oxygens (including phenoxy) is 1. The highest BCUT2D eigenvalue weighted by Gasteiger charge is 2.39. The summed E-state index contributed by atoms with van der Waals surface area (Å²) in [7, 11) is 0. The van der Waals surface area contributed by atoms with Crippen LogP contribution in [0, 0.1) is 5.13 Å². The van der Waals surface area contributed by atoms with Crippen molar-refractivity contribution in [1.82, 2.24) is 20.3 Å². The predicted octanol–water partition coefficient (Wildman–Crippen LogP) is 3.20. The molecule has 4 unspecified atom stereocenters. The summed E-state index contributed by atoms with van der Waals surface area (Å²) in [5, 5.41) is 2.00. The van der Waals surface area contributed by atoms with E-state index in [4.69, 9.17) is 16.3 Å². The second-order valence-corrected chi connectivity index (χ2v) is 8.46. The van der Waals surface area contributed by atoms with Crippen molar-refractivity contribution in [3.8, 4) is 11.3 Å². The van der Waals surface area contributed by atoms with Crippen LogP contribution in [0.15, 0.2) is 48.5 Å². The summed E-state index contributed by atoms with van der Waals surface area (Å²) in [5.41, 5.74) is -0.415. The van der Waals surface area contributed by atoms with Crippen LogP contribution in [0.5, 0.6) is 0 Å². The molecule has 178 valence electrons. The number of carbonyl (C=O) groups is 2. The molecule has 34 heavy (non-hydrogen) atoms. The van der Waals surface area contributed by atoms with Crippen LogP contribution in [-0.2, 0) is 14.3 Å². The van der Waals surface area contributed by atoms with E-state index in [1.54, 1.807) is 0 Å². The zero-order valence-corrected chi connectivity index (χ0v) is 18.8. The summed E-state index contributed by atoms with van der Waals surface area (Å²) >= 11 is 6.30. The Bertz CT molecular complexity index is 1150. The van der Waals surface area contributed by atoms with E-state index in [1.165, 1.54) is 48.5 Å². The van der Waals surface area contributed by atoms with E-state index in [0.29, 0.717) is 5.56 Å². The fourth-order valence-corrected chi connectivity index (χ4v) is 4.14. The third-order valence-corrected chi connectivity index (χ3v) is 5.91. The maximum atomic E-state index is 14.1. The van der Waals surface area contributed by atoms with E-state index >= 15 is 0 Å². The van der Waals surface area contributed by atoms with Crippen LogP contribution in [-0.4, -0.2) is 57.8 Å². The molecule has 0 saturated carbocycles. The van der Waals surface area contributed by atoms with Crippen LogP contribution in [0.25, 0.3) is 11.3 Å².